The zero-order valence-corrected chi connectivity index (χ0v) is 15.9. The van der Waals surface area contributed by atoms with E-state index in [0.717, 1.165) is 4.90 Å². The fourth-order valence-electron chi connectivity index (χ4n) is 2.84. The molecule has 1 heterocycles. The highest BCUT2D eigenvalue weighted by atomic mass is 16.4. The molecule has 1 fully saturated rings. The van der Waals surface area contributed by atoms with Gasteiger partial charge in [0.05, 0.1) is 19.1 Å². The van der Waals surface area contributed by atoms with Crippen LogP contribution in [0.3, 0.4) is 0 Å². The lowest BCUT2D eigenvalue weighted by Crippen LogP contribution is -2.59. The van der Waals surface area contributed by atoms with E-state index in [2.05, 4.69) is 10.6 Å². The second-order valence-electron chi connectivity index (χ2n) is 6.77. The molecule has 9 N–H and O–H groups in total. The molecule has 0 aliphatic carbocycles. The summed E-state index contributed by atoms with van der Waals surface area (Å²) in [5.41, 5.74) is 10.6. The Hall–Kier alpha value is -2.77. The molecule has 4 amide bonds. The van der Waals surface area contributed by atoms with E-state index in [-0.39, 0.29) is 13.0 Å². The predicted molar refractivity (Wildman–Crippen MR) is 96.8 cm³/mol. The highest BCUT2D eigenvalue weighted by Gasteiger charge is 2.39. The van der Waals surface area contributed by atoms with Crippen molar-refractivity contribution < 1.29 is 39.3 Å². The van der Waals surface area contributed by atoms with Crippen LogP contribution in [0.4, 0.5) is 0 Å². The van der Waals surface area contributed by atoms with Crippen LogP contribution >= 0.6 is 0 Å². The number of carboxylic acid groups (broad SMARTS) is 1. The Kier molecular flexibility index (Phi) is 8.94. The van der Waals surface area contributed by atoms with Crippen LogP contribution < -0.4 is 22.1 Å². The van der Waals surface area contributed by atoms with E-state index >= 15 is 0 Å². The van der Waals surface area contributed by atoms with Crippen molar-refractivity contribution in [2.75, 3.05) is 13.2 Å². The number of hydrogen-bond acceptors (Lipinski definition) is 8. The number of carbonyl (C=O) groups is 5. The molecule has 1 rings (SSSR count). The molecule has 13 nitrogen and oxygen atoms in total. The number of nitrogens with two attached hydrogens (primary N) is 2. The van der Waals surface area contributed by atoms with Crippen LogP contribution in [0.1, 0.15) is 26.2 Å². The third-order valence-corrected chi connectivity index (χ3v) is 4.48. The summed E-state index contributed by atoms with van der Waals surface area (Å²) in [7, 11) is 0. The first kappa shape index (κ1) is 24.3. The summed E-state index contributed by atoms with van der Waals surface area (Å²) in [6.45, 7) is 0.530. The number of hydrogen-bond donors (Lipinski definition) is 7. The van der Waals surface area contributed by atoms with Crippen LogP contribution in [0.15, 0.2) is 0 Å². The molecule has 1 aliphatic rings. The monoisotopic (exact) mass is 417 g/mol. The molecule has 0 radical (unpaired) electrons. The summed E-state index contributed by atoms with van der Waals surface area (Å²) < 4.78 is 0. The number of rotatable bonds is 10. The first-order chi connectivity index (χ1) is 13.5. The molecule has 13 heteroatoms. The first-order valence-corrected chi connectivity index (χ1v) is 8.96. The van der Waals surface area contributed by atoms with Crippen molar-refractivity contribution in [3.05, 3.63) is 0 Å². The molecule has 1 saturated heterocycles. The van der Waals surface area contributed by atoms with Gasteiger partial charge in [-0.05, 0) is 19.8 Å². The first-order valence-electron chi connectivity index (χ1n) is 8.96. The van der Waals surface area contributed by atoms with E-state index < -0.39 is 72.9 Å². The number of aliphatic hydroxyl groups excluding tert-OH is 2. The van der Waals surface area contributed by atoms with Crippen molar-refractivity contribution in [1.82, 2.24) is 15.5 Å². The molecule has 0 spiro atoms. The topological polar surface area (TPSA) is 225 Å². The third kappa shape index (κ3) is 6.66. The number of nitrogens with one attached hydrogen (secondary N) is 2. The van der Waals surface area contributed by atoms with E-state index in [4.69, 9.17) is 11.5 Å². The number of nitrogens with zero attached hydrogens (tertiary/aromatic N) is 1. The number of aliphatic carboxylic acids is 1. The quantitative estimate of drug-likeness (QED) is 0.182. The van der Waals surface area contributed by atoms with Gasteiger partial charge < -0.3 is 42.3 Å². The second-order valence-corrected chi connectivity index (χ2v) is 6.77. The Bertz CT molecular complexity index is 655. The van der Waals surface area contributed by atoms with Crippen molar-refractivity contribution in [2.24, 2.45) is 11.5 Å². The summed E-state index contributed by atoms with van der Waals surface area (Å²) in [6.07, 6.45) is -1.16. The highest BCUT2D eigenvalue weighted by Crippen LogP contribution is 2.19. The zero-order chi connectivity index (χ0) is 22.3. The number of carboxylic acids is 1. The summed E-state index contributed by atoms with van der Waals surface area (Å²) in [5, 5.41) is 32.2. The molecule has 0 saturated carbocycles. The number of carbonyl (C=O) groups excluding carboxylic acids is 4. The molecule has 0 aromatic carbocycles. The van der Waals surface area contributed by atoms with Gasteiger partial charge in [0.1, 0.15) is 24.2 Å². The molecule has 5 unspecified atom stereocenters. The van der Waals surface area contributed by atoms with Crippen molar-refractivity contribution >= 4 is 29.6 Å². The molecule has 0 aromatic heterocycles. The highest BCUT2D eigenvalue weighted by molar-refractivity contribution is 5.96. The maximum absolute atomic E-state index is 12.7. The minimum absolute atomic E-state index is 0.129. The summed E-state index contributed by atoms with van der Waals surface area (Å²) in [4.78, 5) is 60.6. The minimum Gasteiger partial charge on any atom is -0.480 e. The van der Waals surface area contributed by atoms with Crippen LogP contribution in [0.5, 0.6) is 0 Å². The lowest BCUT2D eigenvalue weighted by Gasteiger charge is -2.28. The minimum atomic E-state index is -1.52. The second kappa shape index (κ2) is 10.7. The van der Waals surface area contributed by atoms with Crippen LogP contribution in [-0.2, 0) is 24.0 Å². The average Bonchev–Trinajstić information content (AvgIpc) is 3.13. The van der Waals surface area contributed by atoms with Crippen molar-refractivity contribution in [3.63, 3.8) is 0 Å². The lowest BCUT2D eigenvalue weighted by atomic mass is 10.1. The molecular weight excluding hydrogens is 390 g/mol. The maximum Gasteiger partial charge on any atom is 0.326 e. The fraction of sp³-hybridized carbons (Fsp3) is 0.688. The molecule has 5 atom stereocenters. The van der Waals surface area contributed by atoms with Gasteiger partial charge in [0.2, 0.25) is 23.6 Å². The average molecular weight is 417 g/mol. The van der Waals surface area contributed by atoms with E-state index in [1.165, 1.54) is 6.92 Å². The van der Waals surface area contributed by atoms with Gasteiger partial charge in [0.25, 0.3) is 0 Å². The van der Waals surface area contributed by atoms with Gasteiger partial charge in [0, 0.05) is 6.54 Å². The van der Waals surface area contributed by atoms with Gasteiger partial charge in [-0.2, -0.15) is 0 Å². The Morgan fingerprint density at radius 1 is 1.14 bits per heavy atom. The van der Waals surface area contributed by atoms with Gasteiger partial charge in [-0.3, -0.25) is 19.2 Å². The summed E-state index contributed by atoms with van der Waals surface area (Å²) in [6, 6.07) is -5.45. The van der Waals surface area contributed by atoms with Crippen molar-refractivity contribution in [1.29, 1.82) is 0 Å². The molecule has 0 bridgehead atoms. The van der Waals surface area contributed by atoms with Crippen LogP contribution in [0, 0.1) is 0 Å². The summed E-state index contributed by atoms with van der Waals surface area (Å²) in [5.74, 6) is -4.88. The normalized spacial score (nSPS) is 20.3. The Balaban J connectivity index is 2.91. The van der Waals surface area contributed by atoms with E-state index in [1.807, 2.05) is 0 Å². The number of amides is 4. The maximum atomic E-state index is 12.7. The third-order valence-electron chi connectivity index (χ3n) is 4.48. The fourth-order valence-corrected chi connectivity index (χ4v) is 2.84. The Morgan fingerprint density at radius 2 is 1.72 bits per heavy atom. The number of primary amides is 1. The SMILES string of the molecule is CC(O)C(N)C(=O)NC(CO)C(=O)NC(CC(N)=O)C(=O)N1CCCC1C(=O)O. The largest absolute Gasteiger partial charge is 0.480 e. The van der Waals surface area contributed by atoms with Crippen molar-refractivity contribution in [2.45, 2.75) is 56.5 Å². The molecule has 1 aliphatic heterocycles. The van der Waals surface area contributed by atoms with Crippen LogP contribution in [0.25, 0.3) is 0 Å². The van der Waals surface area contributed by atoms with Crippen LogP contribution in [0.2, 0.25) is 0 Å². The van der Waals surface area contributed by atoms with Gasteiger partial charge in [0.15, 0.2) is 0 Å². The van der Waals surface area contributed by atoms with E-state index in [0.29, 0.717) is 6.42 Å². The van der Waals surface area contributed by atoms with E-state index in [9.17, 15) is 39.3 Å². The molecule has 0 aromatic rings. The van der Waals surface area contributed by atoms with Gasteiger partial charge in [-0.1, -0.05) is 0 Å². The lowest BCUT2D eigenvalue weighted by molar-refractivity contribution is -0.149. The Labute approximate surface area is 166 Å². The van der Waals surface area contributed by atoms with E-state index in [1.54, 1.807) is 0 Å². The molecule has 164 valence electrons. The molecule has 29 heavy (non-hydrogen) atoms. The Morgan fingerprint density at radius 3 is 2.21 bits per heavy atom. The van der Waals surface area contributed by atoms with Gasteiger partial charge in [-0.15, -0.1) is 0 Å². The summed E-state index contributed by atoms with van der Waals surface area (Å²) >= 11 is 0. The number of likely N-dealkylation sites (tertiary alicyclic amines) is 1. The standard InChI is InChI=1S/C16H27N5O8/c1-7(23)12(18)14(26)20-9(6-22)13(25)19-8(5-11(17)24)15(27)21-4-2-3-10(21)16(28)29/h7-10,12,22-23H,2-6,18H2,1H3,(H2,17,24)(H,19,25)(H,20,26)(H,28,29). The predicted octanol–water partition coefficient (Wildman–Crippen LogP) is -4.39. The van der Waals surface area contributed by atoms with Crippen LogP contribution in [-0.4, -0.2) is 93.2 Å². The van der Waals surface area contributed by atoms with Gasteiger partial charge in [-0.25, -0.2) is 4.79 Å². The molecular formula is C16H27N5O8. The smallest absolute Gasteiger partial charge is 0.326 e. The zero-order valence-electron chi connectivity index (χ0n) is 15.9. The number of aliphatic hydroxyl groups is 2. The van der Waals surface area contributed by atoms with Crippen molar-refractivity contribution in [3.8, 4) is 0 Å². The van der Waals surface area contributed by atoms with Gasteiger partial charge >= 0.3 is 5.97 Å².